The lowest BCUT2D eigenvalue weighted by atomic mass is 10.0. The number of hydrogen-bond acceptors (Lipinski definition) is 3. The second-order valence-corrected chi connectivity index (χ2v) is 6.15. The van der Waals surface area contributed by atoms with E-state index < -0.39 is 11.8 Å². The third kappa shape index (κ3) is 3.33. The topological polar surface area (TPSA) is 98.8 Å². The molecule has 0 radical (unpaired) electrons. The fourth-order valence-corrected chi connectivity index (χ4v) is 2.97. The SMILES string of the molecule is O=C(O)c1cc(F)cc(-c2nc(-c3ccccc3)[nH]c2-c2cc[nH]c(=O)c2)c1. The zero-order chi connectivity index (χ0) is 19.7. The quantitative estimate of drug-likeness (QED) is 0.503. The number of nitrogens with one attached hydrogen (secondary N) is 2. The van der Waals surface area contributed by atoms with Crippen LogP contribution in [0.3, 0.4) is 0 Å². The number of carboxylic acid groups (broad SMARTS) is 1. The summed E-state index contributed by atoms with van der Waals surface area (Å²) < 4.78 is 14.0. The van der Waals surface area contributed by atoms with Crippen LogP contribution in [0, 0.1) is 5.82 Å². The second-order valence-electron chi connectivity index (χ2n) is 6.15. The molecule has 0 saturated carbocycles. The van der Waals surface area contributed by atoms with Gasteiger partial charge in [-0.25, -0.2) is 14.2 Å². The summed E-state index contributed by atoms with van der Waals surface area (Å²) in [7, 11) is 0. The molecule has 6 nitrogen and oxygen atoms in total. The summed E-state index contributed by atoms with van der Waals surface area (Å²) >= 11 is 0. The molecular formula is C21H14FN3O3. The number of imidazole rings is 1. The minimum Gasteiger partial charge on any atom is -0.478 e. The number of halogens is 1. The molecule has 138 valence electrons. The van der Waals surface area contributed by atoms with Crippen molar-refractivity contribution in [1.29, 1.82) is 0 Å². The predicted molar refractivity (Wildman–Crippen MR) is 102 cm³/mol. The van der Waals surface area contributed by atoms with Crippen LogP contribution < -0.4 is 5.56 Å². The predicted octanol–water partition coefficient (Wildman–Crippen LogP) is 3.94. The number of pyridine rings is 1. The van der Waals surface area contributed by atoms with Gasteiger partial charge in [0.05, 0.1) is 17.0 Å². The van der Waals surface area contributed by atoms with Gasteiger partial charge in [-0.1, -0.05) is 30.3 Å². The Hall–Kier alpha value is -4.00. The normalized spacial score (nSPS) is 10.8. The molecule has 4 rings (SSSR count). The number of nitrogens with zero attached hydrogens (tertiary/aromatic N) is 1. The van der Waals surface area contributed by atoms with Crippen LogP contribution >= 0.6 is 0 Å². The Bertz CT molecular complexity index is 1230. The fraction of sp³-hybridized carbons (Fsp3) is 0. The molecule has 0 bridgehead atoms. The third-order valence-corrected chi connectivity index (χ3v) is 4.23. The van der Waals surface area contributed by atoms with Crippen molar-refractivity contribution in [2.75, 3.05) is 0 Å². The van der Waals surface area contributed by atoms with Gasteiger partial charge < -0.3 is 15.1 Å². The van der Waals surface area contributed by atoms with Crippen LogP contribution in [-0.2, 0) is 0 Å². The molecule has 0 aliphatic rings. The third-order valence-electron chi connectivity index (χ3n) is 4.23. The Morgan fingerprint density at radius 3 is 2.46 bits per heavy atom. The van der Waals surface area contributed by atoms with E-state index in [4.69, 9.17) is 0 Å². The van der Waals surface area contributed by atoms with Crippen LogP contribution in [0.15, 0.2) is 71.7 Å². The highest BCUT2D eigenvalue weighted by Gasteiger charge is 2.18. The summed E-state index contributed by atoms with van der Waals surface area (Å²) in [6.45, 7) is 0. The van der Waals surface area contributed by atoms with Crippen LogP contribution in [0.1, 0.15) is 10.4 Å². The largest absolute Gasteiger partial charge is 0.478 e. The average Bonchev–Trinajstić information content (AvgIpc) is 3.14. The number of rotatable bonds is 4. The zero-order valence-electron chi connectivity index (χ0n) is 14.4. The summed E-state index contributed by atoms with van der Waals surface area (Å²) in [6, 6.07) is 15.9. The summed E-state index contributed by atoms with van der Waals surface area (Å²) in [5, 5.41) is 9.25. The van der Waals surface area contributed by atoms with Crippen LogP contribution in [0.25, 0.3) is 33.9 Å². The maximum Gasteiger partial charge on any atom is 0.335 e. The molecule has 0 amide bonds. The highest BCUT2D eigenvalue weighted by molar-refractivity contribution is 5.90. The van der Waals surface area contributed by atoms with Gasteiger partial charge in [0.2, 0.25) is 5.56 Å². The number of carboxylic acids is 1. The van der Waals surface area contributed by atoms with Crippen LogP contribution in [-0.4, -0.2) is 26.0 Å². The zero-order valence-corrected chi connectivity index (χ0v) is 14.4. The molecule has 3 N–H and O–H groups in total. The van der Waals surface area contributed by atoms with E-state index in [1.807, 2.05) is 30.3 Å². The Kier molecular flexibility index (Phi) is 4.33. The molecular weight excluding hydrogens is 361 g/mol. The lowest BCUT2D eigenvalue weighted by Crippen LogP contribution is -2.02. The van der Waals surface area contributed by atoms with Crippen molar-refractivity contribution in [3.05, 3.63) is 88.6 Å². The first-order valence-electron chi connectivity index (χ1n) is 8.40. The minimum absolute atomic E-state index is 0.184. The van der Waals surface area contributed by atoms with Gasteiger partial charge in [0.25, 0.3) is 0 Å². The van der Waals surface area contributed by atoms with Crippen LogP contribution in [0.4, 0.5) is 4.39 Å². The second kappa shape index (κ2) is 6.96. The molecule has 0 spiro atoms. The highest BCUT2D eigenvalue weighted by atomic mass is 19.1. The summed E-state index contributed by atoms with van der Waals surface area (Å²) in [5.74, 6) is -1.40. The van der Waals surface area contributed by atoms with E-state index in [1.165, 1.54) is 24.4 Å². The number of benzene rings is 2. The van der Waals surface area contributed by atoms with Crippen molar-refractivity contribution in [1.82, 2.24) is 15.0 Å². The molecule has 2 aromatic heterocycles. The van der Waals surface area contributed by atoms with E-state index in [9.17, 15) is 19.1 Å². The highest BCUT2D eigenvalue weighted by Crippen LogP contribution is 2.33. The molecule has 0 saturated heterocycles. The van der Waals surface area contributed by atoms with Gasteiger partial charge in [-0.15, -0.1) is 0 Å². The summed E-state index contributed by atoms with van der Waals surface area (Å²) in [6.07, 6.45) is 1.50. The van der Waals surface area contributed by atoms with Gasteiger partial charge >= 0.3 is 5.97 Å². The van der Waals surface area contributed by atoms with Crippen molar-refractivity contribution in [3.63, 3.8) is 0 Å². The van der Waals surface area contributed by atoms with Crippen molar-refractivity contribution in [2.24, 2.45) is 0 Å². The maximum atomic E-state index is 14.0. The van der Waals surface area contributed by atoms with Crippen molar-refractivity contribution in [2.45, 2.75) is 0 Å². The first-order chi connectivity index (χ1) is 13.5. The Morgan fingerprint density at radius 2 is 1.75 bits per heavy atom. The number of carbonyl (C=O) groups is 1. The van der Waals surface area contributed by atoms with Crippen molar-refractivity contribution in [3.8, 4) is 33.9 Å². The maximum absolute atomic E-state index is 14.0. The molecule has 4 aromatic rings. The van der Waals surface area contributed by atoms with Crippen LogP contribution in [0.2, 0.25) is 0 Å². The molecule has 0 atom stereocenters. The Labute approximate surface area is 158 Å². The number of aromatic amines is 2. The van der Waals surface area contributed by atoms with Crippen LogP contribution in [0.5, 0.6) is 0 Å². The standard InChI is InChI=1S/C21H14FN3O3/c22-16-9-14(8-15(10-16)21(27)28)19-18(13-6-7-23-17(26)11-13)24-20(25-19)12-4-2-1-3-5-12/h1-11H,(H,23,26)(H,24,25)(H,27,28). The summed E-state index contributed by atoms with van der Waals surface area (Å²) in [5.41, 5.74) is 2.01. The Morgan fingerprint density at radius 1 is 0.964 bits per heavy atom. The van der Waals surface area contributed by atoms with Gasteiger partial charge in [0, 0.05) is 29.0 Å². The van der Waals surface area contributed by atoms with E-state index in [1.54, 1.807) is 6.07 Å². The van der Waals surface area contributed by atoms with Gasteiger partial charge in [-0.3, -0.25) is 4.79 Å². The van der Waals surface area contributed by atoms with Gasteiger partial charge in [-0.05, 0) is 24.3 Å². The number of H-pyrrole nitrogens is 2. The van der Waals surface area contributed by atoms with Gasteiger partial charge in [0.15, 0.2) is 0 Å². The van der Waals surface area contributed by atoms with Gasteiger partial charge in [-0.2, -0.15) is 0 Å². The molecule has 7 heteroatoms. The van der Waals surface area contributed by atoms with E-state index in [0.29, 0.717) is 28.3 Å². The van der Waals surface area contributed by atoms with Crippen molar-refractivity contribution < 1.29 is 14.3 Å². The number of aromatic nitrogens is 3. The van der Waals surface area contributed by atoms with E-state index >= 15 is 0 Å². The first-order valence-corrected chi connectivity index (χ1v) is 8.40. The van der Waals surface area contributed by atoms with E-state index in [-0.39, 0.29) is 11.1 Å². The molecule has 0 aliphatic heterocycles. The minimum atomic E-state index is -1.24. The molecule has 0 unspecified atom stereocenters. The molecule has 2 aromatic carbocycles. The fourth-order valence-electron chi connectivity index (χ4n) is 2.97. The van der Waals surface area contributed by atoms with E-state index in [0.717, 1.165) is 11.6 Å². The number of aromatic carboxylic acids is 1. The molecule has 2 heterocycles. The number of hydrogen-bond donors (Lipinski definition) is 3. The molecule has 0 aliphatic carbocycles. The average molecular weight is 375 g/mol. The first kappa shape index (κ1) is 17.4. The van der Waals surface area contributed by atoms with Crippen molar-refractivity contribution >= 4 is 5.97 Å². The smallest absolute Gasteiger partial charge is 0.335 e. The lowest BCUT2D eigenvalue weighted by Gasteiger charge is -2.05. The lowest BCUT2D eigenvalue weighted by molar-refractivity contribution is 0.0696. The van der Waals surface area contributed by atoms with E-state index in [2.05, 4.69) is 15.0 Å². The monoisotopic (exact) mass is 375 g/mol. The Balaban J connectivity index is 1.97. The summed E-state index contributed by atoms with van der Waals surface area (Å²) in [4.78, 5) is 33.4. The molecule has 28 heavy (non-hydrogen) atoms. The molecule has 0 fully saturated rings. The van der Waals surface area contributed by atoms with Gasteiger partial charge in [0.1, 0.15) is 11.6 Å².